The van der Waals surface area contributed by atoms with Gasteiger partial charge in [-0.25, -0.2) is 0 Å². The van der Waals surface area contributed by atoms with Crippen LogP contribution in [0.2, 0.25) is 0 Å². The maximum absolute atomic E-state index is 13.4. The molecule has 0 radical (unpaired) electrons. The number of benzene rings is 3. The Balaban J connectivity index is 1.28. The molecule has 1 N–H and O–H groups in total. The topological polar surface area (TPSA) is 68.6 Å². The van der Waals surface area contributed by atoms with Crippen LogP contribution >= 0.6 is 0 Å². The molecule has 190 valence electrons. The highest BCUT2D eigenvalue weighted by atomic mass is 16.5. The van der Waals surface area contributed by atoms with Crippen molar-refractivity contribution < 1.29 is 14.3 Å². The number of rotatable bonds is 9. The Morgan fingerprint density at radius 2 is 1.65 bits per heavy atom. The summed E-state index contributed by atoms with van der Waals surface area (Å²) in [7, 11) is 1.64. The predicted molar refractivity (Wildman–Crippen MR) is 144 cm³/mol. The Hall–Kier alpha value is -3.94. The number of methoxy groups -OCH3 is 1. The Morgan fingerprint density at radius 3 is 2.32 bits per heavy atom. The zero-order chi connectivity index (χ0) is 25.5. The van der Waals surface area contributed by atoms with E-state index >= 15 is 0 Å². The van der Waals surface area contributed by atoms with Crippen molar-refractivity contribution in [3.05, 3.63) is 108 Å². The lowest BCUT2D eigenvalue weighted by atomic mass is 10.1. The van der Waals surface area contributed by atoms with Gasteiger partial charge in [-0.1, -0.05) is 60.7 Å². The van der Waals surface area contributed by atoms with Crippen molar-refractivity contribution >= 4 is 5.91 Å². The van der Waals surface area contributed by atoms with Gasteiger partial charge in [-0.3, -0.25) is 14.4 Å². The fourth-order valence-corrected chi connectivity index (χ4v) is 4.59. The van der Waals surface area contributed by atoms with Crippen molar-refractivity contribution in [2.45, 2.75) is 19.2 Å². The molecule has 0 aliphatic carbocycles. The van der Waals surface area contributed by atoms with Crippen LogP contribution in [0.25, 0.3) is 11.3 Å². The molecule has 0 bridgehead atoms. The molecule has 1 fully saturated rings. The highest BCUT2D eigenvalue weighted by Gasteiger charge is 2.23. The largest absolute Gasteiger partial charge is 0.497 e. The number of aromatic nitrogens is 2. The first-order valence-corrected chi connectivity index (χ1v) is 12.6. The number of carbonyl (C=O) groups is 1. The van der Waals surface area contributed by atoms with Crippen molar-refractivity contribution in [1.82, 2.24) is 20.0 Å². The maximum Gasteiger partial charge on any atom is 0.255 e. The first kappa shape index (κ1) is 24.7. The number of amides is 1. The molecule has 7 nitrogen and oxygen atoms in total. The van der Waals surface area contributed by atoms with Crippen LogP contribution in [0.1, 0.15) is 21.5 Å². The second kappa shape index (κ2) is 11.9. The SMILES string of the molecule is COc1ccc(-c2nn(Cc3ccccc3)cc2C(=O)NCC2CN(Cc3ccccc3)CCO2)cc1. The van der Waals surface area contributed by atoms with Gasteiger partial charge in [-0.2, -0.15) is 5.10 Å². The Morgan fingerprint density at radius 1 is 0.973 bits per heavy atom. The fourth-order valence-electron chi connectivity index (χ4n) is 4.59. The van der Waals surface area contributed by atoms with Crippen LogP contribution < -0.4 is 10.1 Å². The monoisotopic (exact) mass is 496 g/mol. The zero-order valence-electron chi connectivity index (χ0n) is 21.0. The highest BCUT2D eigenvalue weighted by molar-refractivity contribution is 5.99. The molecule has 2 heterocycles. The number of nitrogens with zero attached hydrogens (tertiary/aromatic N) is 3. The molecule has 1 aliphatic heterocycles. The summed E-state index contributed by atoms with van der Waals surface area (Å²) in [4.78, 5) is 15.8. The molecule has 0 saturated carbocycles. The minimum atomic E-state index is -0.158. The lowest BCUT2D eigenvalue weighted by Crippen LogP contribution is -2.47. The van der Waals surface area contributed by atoms with Crippen LogP contribution in [-0.4, -0.2) is 60.0 Å². The Kier molecular flexibility index (Phi) is 7.93. The van der Waals surface area contributed by atoms with Gasteiger partial charge in [-0.15, -0.1) is 0 Å². The first-order chi connectivity index (χ1) is 18.2. The molecule has 4 aromatic rings. The summed E-state index contributed by atoms with van der Waals surface area (Å²) >= 11 is 0. The average Bonchev–Trinajstić information content (AvgIpc) is 3.37. The number of nitrogens with one attached hydrogen (secondary N) is 1. The summed E-state index contributed by atoms with van der Waals surface area (Å²) in [5.74, 6) is 0.599. The van der Waals surface area contributed by atoms with Crippen molar-refractivity contribution in [2.24, 2.45) is 0 Å². The minimum absolute atomic E-state index is 0.0646. The van der Waals surface area contributed by atoms with Crippen molar-refractivity contribution in [2.75, 3.05) is 33.4 Å². The second-order valence-corrected chi connectivity index (χ2v) is 9.23. The minimum Gasteiger partial charge on any atom is -0.497 e. The van der Waals surface area contributed by atoms with Crippen LogP contribution in [0.15, 0.2) is 91.1 Å². The summed E-state index contributed by atoms with van der Waals surface area (Å²) in [5, 5.41) is 7.88. The first-order valence-electron chi connectivity index (χ1n) is 12.6. The Labute approximate surface area is 217 Å². The van der Waals surface area contributed by atoms with Gasteiger partial charge < -0.3 is 14.8 Å². The molecule has 1 saturated heterocycles. The average molecular weight is 497 g/mol. The molecule has 1 aliphatic rings. The van der Waals surface area contributed by atoms with Crippen molar-refractivity contribution in [3.63, 3.8) is 0 Å². The van der Waals surface area contributed by atoms with E-state index in [1.807, 2.05) is 59.4 Å². The van der Waals surface area contributed by atoms with Crippen LogP contribution in [0.4, 0.5) is 0 Å². The third kappa shape index (κ3) is 6.44. The van der Waals surface area contributed by atoms with Gasteiger partial charge in [0.05, 0.1) is 31.9 Å². The van der Waals surface area contributed by atoms with Gasteiger partial charge in [0.25, 0.3) is 5.91 Å². The molecule has 5 rings (SSSR count). The highest BCUT2D eigenvalue weighted by Crippen LogP contribution is 2.25. The molecule has 3 aromatic carbocycles. The molecule has 1 amide bonds. The van der Waals surface area contributed by atoms with Crippen molar-refractivity contribution in [3.8, 4) is 17.0 Å². The van der Waals surface area contributed by atoms with Gasteiger partial charge in [0, 0.05) is 37.9 Å². The Bertz CT molecular complexity index is 1290. The zero-order valence-corrected chi connectivity index (χ0v) is 21.0. The molecule has 7 heteroatoms. The molecule has 1 atom stereocenters. The van der Waals surface area contributed by atoms with E-state index in [0.29, 0.717) is 31.0 Å². The molecule has 0 spiro atoms. The van der Waals surface area contributed by atoms with Crippen LogP contribution in [-0.2, 0) is 17.8 Å². The van der Waals surface area contributed by atoms with Crippen molar-refractivity contribution in [1.29, 1.82) is 0 Å². The van der Waals surface area contributed by atoms with E-state index < -0.39 is 0 Å². The quantitative estimate of drug-likeness (QED) is 0.376. The van der Waals surface area contributed by atoms with E-state index in [1.165, 1.54) is 5.56 Å². The van der Waals surface area contributed by atoms with Gasteiger partial charge >= 0.3 is 0 Å². The van der Waals surface area contributed by atoms with E-state index in [2.05, 4.69) is 46.6 Å². The lowest BCUT2D eigenvalue weighted by molar-refractivity contribution is -0.0292. The molecule has 1 unspecified atom stereocenters. The van der Waals surface area contributed by atoms with Gasteiger partial charge in [0.2, 0.25) is 0 Å². The number of hydrogen-bond acceptors (Lipinski definition) is 5. The number of carbonyl (C=O) groups excluding carboxylic acids is 1. The van der Waals surface area contributed by atoms with E-state index in [-0.39, 0.29) is 12.0 Å². The standard InChI is InChI=1S/C30H32N4O3/c1-36-26-14-12-25(13-15-26)29-28(22-34(32-29)20-24-10-6-3-7-11-24)30(35)31-18-27-21-33(16-17-37-27)19-23-8-4-2-5-9-23/h2-15,22,27H,16-21H2,1H3,(H,31,35). The third-order valence-corrected chi connectivity index (χ3v) is 6.52. The summed E-state index contributed by atoms with van der Waals surface area (Å²) in [5.41, 5.74) is 4.44. The molecule has 1 aromatic heterocycles. The van der Waals surface area contributed by atoms with Gasteiger partial charge in [0.1, 0.15) is 11.4 Å². The normalized spacial score (nSPS) is 15.9. The molecule has 37 heavy (non-hydrogen) atoms. The van der Waals surface area contributed by atoms with E-state index in [9.17, 15) is 4.79 Å². The predicted octanol–water partition coefficient (Wildman–Crippen LogP) is 4.24. The third-order valence-electron chi connectivity index (χ3n) is 6.52. The lowest BCUT2D eigenvalue weighted by Gasteiger charge is -2.33. The van der Waals surface area contributed by atoms with Gasteiger partial charge in [-0.05, 0) is 35.4 Å². The second-order valence-electron chi connectivity index (χ2n) is 9.23. The number of morpholine rings is 1. The molecular formula is C30H32N4O3. The summed E-state index contributed by atoms with van der Waals surface area (Å²) < 4.78 is 13.1. The van der Waals surface area contributed by atoms with Crippen LogP contribution in [0.5, 0.6) is 5.75 Å². The van der Waals surface area contributed by atoms with E-state index in [1.54, 1.807) is 7.11 Å². The fraction of sp³-hybridized carbons (Fsp3) is 0.267. The summed E-state index contributed by atoms with van der Waals surface area (Å²) in [6.45, 7) is 4.20. The molecular weight excluding hydrogens is 464 g/mol. The van der Waals surface area contributed by atoms with E-state index in [4.69, 9.17) is 14.6 Å². The van der Waals surface area contributed by atoms with Crippen LogP contribution in [0.3, 0.4) is 0 Å². The summed E-state index contributed by atoms with van der Waals surface area (Å²) in [6.07, 6.45) is 1.76. The number of ether oxygens (including phenoxy) is 2. The summed E-state index contributed by atoms with van der Waals surface area (Å²) in [6, 6.07) is 28.1. The van der Waals surface area contributed by atoms with E-state index in [0.717, 1.165) is 36.5 Å². The number of hydrogen-bond donors (Lipinski definition) is 1. The smallest absolute Gasteiger partial charge is 0.255 e. The maximum atomic E-state index is 13.4. The van der Waals surface area contributed by atoms with Crippen LogP contribution in [0, 0.1) is 0 Å². The van der Waals surface area contributed by atoms with Gasteiger partial charge in [0.15, 0.2) is 0 Å².